The van der Waals surface area contributed by atoms with Crippen LogP contribution < -0.4 is 4.72 Å². The average molecular weight is 538 g/mol. The molecule has 0 aliphatic carbocycles. The SMILES string of the molecule is CCS(=O)(=O)NC(Cc1ccccc1)c1nnc(SCc2cccc(C)c2)n1-c1ccc([N+](=O)[O-])cc1. The van der Waals surface area contributed by atoms with E-state index in [-0.39, 0.29) is 11.4 Å². The Balaban J connectivity index is 1.78. The molecule has 0 spiro atoms. The molecule has 1 atom stereocenters. The zero-order valence-corrected chi connectivity index (χ0v) is 22.1. The first kappa shape index (κ1) is 26.5. The molecule has 1 N–H and O–H groups in total. The number of nitrogens with zero attached hydrogens (tertiary/aromatic N) is 4. The number of hydrogen-bond acceptors (Lipinski definition) is 7. The smallest absolute Gasteiger partial charge is 0.269 e. The Morgan fingerprint density at radius 3 is 2.35 bits per heavy atom. The number of nitro groups is 1. The number of nitro benzene ring substituents is 1. The lowest BCUT2D eigenvalue weighted by atomic mass is 10.1. The molecule has 1 heterocycles. The van der Waals surface area contributed by atoms with Crippen molar-refractivity contribution in [3.8, 4) is 5.69 Å². The number of sulfonamides is 1. The highest BCUT2D eigenvalue weighted by Crippen LogP contribution is 2.30. The third-order valence-corrected chi connectivity index (χ3v) is 8.13. The van der Waals surface area contributed by atoms with Crippen LogP contribution in [0.4, 0.5) is 5.69 Å². The van der Waals surface area contributed by atoms with Gasteiger partial charge >= 0.3 is 0 Å². The third-order valence-electron chi connectivity index (χ3n) is 5.72. The normalized spacial score (nSPS) is 12.4. The highest BCUT2D eigenvalue weighted by Gasteiger charge is 2.27. The molecule has 0 saturated heterocycles. The van der Waals surface area contributed by atoms with Crippen LogP contribution >= 0.6 is 11.8 Å². The summed E-state index contributed by atoms with van der Waals surface area (Å²) in [6, 6.07) is 23.0. The molecule has 0 saturated carbocycles. The molecule has 11 heteroatoms. The molecule has 0 fully saturated rings. The van der Waals surface area contributed by atoms with Crippen molar-refractivity contribution in [1.82, 2.24) is 19.5 Å². The first-order chi connectivity index (χ1) is 17.8. The Bertz CT molecular complexity index is 1470. The van der Waals surface area contributed by atoms with E-state index in [2.05, 4.69) is 21.0 Å². The molecule has 0 bridgehead atoms. The monoisotopic (exact) mass is 537 g/mol. The first-order valence-electron chi connectivity index (χ1n) is 11.7. The summed E-state index contributed by atoms with van der Waals surface area (Å²) < 4.78 is 29.8. The lowest BCUT2D eigenvalue weighted by Gasteiger charge is -2.20. The van der Waals surface area contributed by atoms with Crippen molar-refractivity contribution in [2.45, 2.75) is 37.2 Å². The Morgan fingerprint density at radius 2 is 1.70 bits per heavy atom. The number of hydrogen-bond donors (Lipinski definition) is 1. The fraction of sp³-hybridized carbons (Fsp3) is 0.231. The lowest BCUT2D eigenvalue weighted by molar-refractivity contribution is -0.384. The highest BCUT2D eigenvalue weighted by molar-refractivity contribution is 7.98. The van der Waals surface area contributed by atoms with Crippen molar-refractivity contribution in [3.05, 3.63) is 111 Å². The van der Waals surface area contributed by atoms with Gasteiger partial charge < -0.3 is 0 Å². The quantitative estimate of drug-likeness (QED) is 0.162. The predicted molar refractivity (Wildman–Crippen MR) is 144 cm³/mol. The van der Waals surface area contributed by atoms with Gasteiger partial charge in [-0.25, -0.2) is 13.1 Å². The molecule has 0 amide bonds. The maximum Gasteiger partial charge on any atom is 0.269 e. The Morgan fingerprint density at radius 1 is 1.00 bits per heavy atom. The van der Waals surface area contributed by atoms with E-state index in [4.69, 9.17) is 0 Å². The minimum atomic E-state index is -3.58. The van der Waals surface area contributed by atoms with Crippen LogP contribution in [-0.2, 0) is 22.2 Å². The molecular weight excluding hydrogens is 510 g/mol. The van der Waals surface area contributed by atoms with Crippen LogP contribution in [0, 0.1) is 17.0 Å². The summed E-state index contributed by atoms with van der Waals surface area (Å²) in [5.41, 5.74) is 3.74. The molecule has 4 aromatic rings. The number of rotatable bonds is 11. The van der Waals surface area contributed by atoms with Crippen molar-refractivity contribution in [2.24, 2.45) is 0 Å². The second-order valence-electron chi connectivity index (χ2n) is 8.49. The van der Waals surface area contributed by atoms with Gasteiger partial charge in [0, 0.05) is 23.6 Å². The molecule has 0 radical (unpaired) electrons. The van der Waals surface area contributed by atoms with Crippen molar-refractivity contribution in [3.63, 3.8) is 0 Å². The minimum Gasteiger partial charge on any atom is -0.273 e. The zero-order valence-electron chi connectivity index (χ0n) is 20.4. The van der Waals surface area contributed by atoms with Crippen LogP contribution in [0.5, 0.6) is 0 Å². The minimum absolute atomic E-state index is 0.0418. The maximum atomic E-state index is 12.6. The van der Waals surface area contributed by atoms with Crippen LogP contribution in [0.15, 0.2) is 84.0 Å². The topological polar surface area (TPSA) is 120 Å². The number of aryl methyl sites for hydroxylation is 1. The maximum absolute atomic E-state index is 12.6. The summed E-state index contributed by atoms with van der Waals surface area (Å²) in [5, 5.41) is 20.6. The van der Waals surface area contributed by atoms with Gasteiger partial charge in [0.15, 0.2) is 11.0 Å². The van der Waals surface area contributed by atoms with E-state index in [0.29, 0.717) is 28.8 Å². The standard InChI is InChI=1S/C26H27N5O4S2/c1-3-37(34,35)29-24(17-20-9-5-4-6-10-20)25-27-28-26(36-18-21-11-7-8-19(2)16-21)30(25)22-12-14-23(15-13-22)31(32)33/h4-16,24,29H,3,17-18H2,1-2H3. The Hall–Kier alpha value is -3.54. The molecule has 9 nitrogen and oxygen atoms in total. The summed E-state index contributed by atoms with van der Waals surface area (Å²) >= 11 is 1.46. The number of aromatic nitrogens is 3. The average Bonchev–Trinajstić information content (AvgIpc) is 3.32. The summed E-state index contributed by atoms with van der Waals surface area (Å²) in [6.45, 7) is 3.60. The predicted octanol–water partition coefficient (Wildman–Crippen LogP) is 5.00. The van der Waals surface area contributed by atoms with Crippen LogP contribution in [0.1, 0.15) is 35.5 Å². The van der Waals surface area contributed by atoms with E-state index in [1.165, 1.54) is 23.9 Å². The molecule has 3 aromatic carbocycles. The molecule has 192 valence electrons. The van der Waals surface area contributed by atoms with Crippen molar-refractivity contribution in [1.29, 1.82) is 0 Å². The number of non-ortho nitro benzene ring substituents is 1. The third kappa shape index (κ3) is 6.82. The summed E-state index contributed by atoms with van der Waals surface area (Å²) in [4.78, 5) is 10.8. The van der Waals surface area contributed by atoms with Crippen LogP contribution in [-0.4, -0.2) is 33.9 Å². The fourth-order valence-electron chi connectivity index (χ4n) is 3.85. The molecule has 1 unspecified atom stereocenters. The first-order valence-corrected chi connectivity index (χ1v) is 14.3. The number of thioether (sulfide) groups is 1. The second-order valence-corrected chi connectivity index (χ2v) is 11.5. The van der Waals surface area contributed by atoms with E-state index >= 15 is 0 Å². The van der Waals surface area contributed by atoms with Crippen molar-refractivity contribution >= 4 is 27.5 Å². The molecule has 37 heavy (non-hydrogen) atoms. The molecular formula is C26H27N5O4S2. The van der Waals surface area contributed by atoms with Crippen molar-refractivity contribution < 1.29 is 13.3 Å². The summed E-state index contributed by atoms with van der Waals surface area (Å²) in [5.74, 6) is 0.942. The summed E-state index contributed by atoms with van der Waals surface area (Å²) in [6.07, 6.45) is 0.355. The van der Waals surface area contributed by atoms with Gasteiger partial charge in [-0.05, 0) is 43.5 Å². The highest BCUT2D eigenvalue weighted by atomic mass is 32.2. The van der Waals surface area contributed by atoms with E-state index in [1.54, 1.807) is 23.6 Å². The molecule has 1 aromatic heterocycles. The van der Waals surface area contributed by atoms with Crippen LogP contribution in [0.25, 0.3) is 5.69 Å². The zero-order chi connectivity index (χ0) is 26.4. The van der Waals surface area contributed by atoms with Crippen molar-refractivity contribution in [2.75, 3.05) is 5.75 Å². The van der Waals surface area contributed by atoms with Gasteiger partial charge in [0.25, 0.3) is 5.69 Å². The van der Waals surface area contributed by atoms with Gasteiger partial charge in [-0.3, -0.25) is 14.7 Å². The second kappa shape index (κ2) is 11.7. The van der Waals surface area contributed by atoms with Gasteiger partial charge in [0.2, 0.25) is 10.0 Å². The van der Waals surface area contributed by atoms with Gasteiger partial charge in [-0.15, -0.1) is 10.2 Å². The Labute approximate surface area is 220 Å². The van der Waals surface area contributed by atoms with Crippen LogP contribution in [0.2, 0.25) is 0 Å². The van der Waals surface area contributed by atoms with E-state index in [0.717, 1.165) is 16.7 Å². The molecule has 0 aliphatic rings. The summed E-state index contributed by atoms with van der Waals surface area (Å²) in [7, 11) is -3.58. The number of nitrogens with one attached hydrogen (secondary N) is 1. The molecule has 4 rings (SSSR count). The number of benzene rings is 3. The van der Waals surface area contributed by atoms with Gasteiger partial charge in [-0.2, -0.15) is 0 Å². The Kier molecular flexibility index (Phi) is 8.37. The molecule has 0 aliphatic heterocycles. The van der Waals surface area contributed by atoms with E-state index in [9.17, 15) is 18.5 Å². The van der Waals surface area contributed by atoms with E-state index < -0.39 is 21.0 Å². The van der Waals surface area contributed by atoms with Gasteiger partial charge in [-0.1, -0.05) is 71.9 Å². The van der Waals surface area contributed by atoms with Gasteiger partial charge in [0.05, 0.1) is 16.7 Å². The fourth-order valence-corrected chi connectivity index (χ4v) is 5.54. The largest absolute Gasteiger partial charge is 0.273 e. The van der Waals surface area contributed by atoms with E-state index in [1.807, 2.05) is 55.5 Å². The van der Waals surface area contributed by atoms with Gasteiger partial charge in [0.1, 0.15) is 0 Å². The lowest BCUT2D eigenvalue weighted by Crippen LogP contribution is -2.33. The van der Waals surface area contributed by atoms with Crippen LogP contribution in [0.3, 0.4) is 0 Å².